The fourth-order valence-electron chi connectivity index (χ4n) is 2.62. The summed E-state index contributed by atoms with van der Waals surface area (Å²) in [5.41, 5.74) is 3.28. The molecule has 4 nitrogen and oxygen atoms in total. The minimum absolute atomic E-state index is 0.220. The minimum atomic E-state index is 0.220. The molecule has 0 aliphatic carbocycles. The van der Waals surface area contributed by atoms with E-state index in [1.807, 2.05) is 25.1 Å². The van der Waals surface area contributed by atoms with Crippen LogP contribution < -0.4 is 15.5 Å². The maximum absolute atomic E-state index is 12.2. The van der Waals surface area contributed by atoms with E-state index in [1.165, 1.54) is 0 Å². The molecule has 2 N–H and O–H groups in total. The van der Waals surface area contributed by atoms with Crippen LogP contribution in [0.2, 0.25) is 0 Å². The molecule has 104 valence electrons. The molecule has 2 rings (SSSR count). The first-order chi connectivity index (χ1) is 9.19. The van der Waals surface area contributed by atoms with Crippen molar-refractivity contribution in [2.45, 2.75) is 19.8 Å². The van der Waals surface area contributed by atoms with Gasteiger partial charge in [-0.05, 0) is 43.3 Å². The van der Waals surface area contributed by atoms with Gasteiger partial charge in [0.05, 0.1) is 6.42 Å². The second-order valence-corrected chi connectivity index (χ2v) is 5.11. The molecule has 4 heteroatoms. The fraction of sp³-hybridized carbons (Fsp3) is 0.533. The molecule has 0 fully saturated rings. The Morgan fingerprint density at radius 2 is 2.16 bits per heavy atom. The molecule has 1 aromatic rings. The van der Waals surface area contributed by atoms with Crippen LogP contribution in [0.3, 0.4) is 0 Å². The zero-order chi connectivity index (χ0) is 13.8. The summed E-state index contributed by atoms with van der Waals surface area (Å²) in [7, 11) is 3.86. The van der Waals surface area contributed by atoms with E-state index in [4.69, 9.17) is 0 Å². The SMILES string of the molecule is CCC(CNC)CN1C(=O)Cc2cc(NC)ccc21. The summed E-state index contributed by atoms with van der Waals surface area (Å²) in [5.74, 6) is 0.724. The highest BCUT2D eigenvalue weighted by molar-refractivity contribution is 6.01. The maximum atomic E-state index is 12.2. The lowest BCUT2D eigenvalue weighted by Crippen LogP contribution is -2.35. The normalized spacial score (nSPS) is 15.5. The second-order valence-electron chi connectivity index (χ2n) is 5.11. The Bertz CT molecular complexity index is 459. The highest BCUT2D eigenvalue weighted by atomic mass is 16.2. The number of hydrogen-bond donors (Lipinski definition) is 2. The Hall–Kier alpha value is -1.55. The number of hydrogen-bond acceptors (Lipinski definition) is 3. The van der Waals surface area contributed by atoms with Crippen LogP contribution in [-0.2, 0) is 11.2 Å². The van der Waals surface area contributed by atoms with Gasteiger partial charge < -0.3 is 15.5 Å². The summed E-state index contributed by atoms with van der Waals surface area (Å²) < 4.78 is 0. The Morgan fingerprint density at radius 1 is 1.37 bits per heavy atom. The van der Waals surface area contributed by atoms with Crippen molar-refractivity contribution in [3.8, 4) is 0 Å². The molecule has 0 aromatic heterocycles. The Kier molecular flexibility index (Phi) is 4.43. The minimum Gasteiger partial charge on any atom is -0.388 e. The first-order valence-corrected chi connectivity index (χ1v) is 6.95. The van der Waals surface area contributed by atoms with Gasteiger partial charge in [0.1, 0.15) is 0 Å². The standard InChI is InChI=1S/C15H23N3O/c1-4-11(9-16-2)10-18-14-6-5-13(17-3)7-12(14)8-15(18)19/h5-7,11,16-17H,4,8-10H2,1-3H3. The Balaban J connectivity index is 2.17. The largest absolute Gasteiger partial charge is 0.388 e. The van der Waals surface area contributed by atoms with Crippen molar-refractivity contribution in [2.24, 2.45) is 5.92 Å². The third kappa shape index (κ3) is 2.89. The summed E-state index contributed by atoms with van der Waals surface area (Å²) in [6.07, 6.45) is 1.61. The van der Waals surface area contributed by atoms with Crippen LogP contribution in [0.25, 0.3) is 0 Å². The van der Waals surface area contributed by atoms with Gasteiger partial charge in [0.2, 0.25) is 5.91 Å². The second kappa shape index (κ2) is 6.06. The molecule has 0 bridgehead atoms. The number of carbonyl (C=O) groups is 1. The third-order valence-electron chi connectivity index (χ3n) is 3.81. The van der Waals surface area contributed by atoms with E-state index in [2.05, 4.69) is 29.7 Å². The van der Waals surface area contributed by atoms with E-state index in [0.717, 1.165) is 36.4 Å². The Labute approximate surface area is 115 Å². The van der Waals surface area contributed by atoms with Gasteiger partial charge >= 0.3 is 0 Å². The number of amides is 1. The zero-order valence-electron chi connectivity index (χ0n) is 12.0. The quantitative estimate of drug-likeness (QED) is 0.821. The number of nitrogens with one attached hydrogen (secondary N) is 2. The molecular formula is C15H23N3O. The number of nitrogens with zero attached hydrogens (tertiary/aromatic N) is 1. The van der Waals surface area contributed by atoms with Crippen LogP contribution in [0, 0.1) is 5.92 Å². The number of anilines is 2. The van der Waals surface area contributed by atoms with Gasteiger partial charge in [-0.3, -0.25) is 4.79 Å². The molecule has 0 spiro atoms. The smallest absolute Gasteiger partial charge is 0.231 e. The molecule has 1 unspecified atom stereocenters. The van der Waals surface area contributed by atoms with E-state index < -0.39 is 0 Å². The highest BCUT2D eigenvalue weighted by Crippen LogP contribution is 2.31. The van der Waals surface area contributed by atoms with Crippen molar-refractivity contribution < 1.29 is 4.79 Å². The van der Waals surface area contributed by atoms with E-state index in [9.17, 15) is 4.79 Å². The van der Waals surface area contributed by atoms with Crippen LogP contribution in [-0.4, -0.2) is 33.1 Å². The predicted octanol–water partition coefficient (Wildman–Crippen LogP) is 1.86. The fourth-order valence-corrected chi connectivity index (χ4v) is 2.62. The van der Waals surface area contributed by atoms with Crippen molar-refractivity contribution >= 4 is 17.3 Å². The number of rotatable bonds is 6. The van der Waals surface area contributed by atoms with Crippen molar-refractivity contribution in [1.82, 2.24) is 5.32 Å². The van der Waals surface area contributed by atoms with Crippen LogP contribution in [0.4, 0.5) is 11.4 Å². The molecule has 1 amide bonds. The van der Waals surface area contributed by atoms with Crippen LogP contribution in [0.1, 0.15) is 18.9 Å². The van der Waals surface area contributed by atoms with E-state index in [1.54, 1.807) is 0 Å². The Morgan fingerprint density at radius 3 is 2.79 bits per heavy atom. The molecular weight excluding hydrogens is 238 g/mol. The summed E-state index contributed by atoms with van der Waals surface area (Å²) in [4.78, 5) is 14.1. The van der Waals surface area contributed by atoms with Crippen LogP contribution in [0.15, 0.2) is 18.2 Å². The van der Waals surface area contributed by atoms with E-state index >= 15 is 0 Å². The number of fused-ring (bicyclic) bond motifs is 1. The molecule has 0 saturated heterocycles. The molecule has 0 radical (unpaired) electrons. The molecule has 1 aliphatic rings. The number of benzene rings is 1. The molecule has 19 heavy (non-hydrogen) atoms. The van der Waals surface area contributed by atoms with Gasteiger partial charge in [0.25, 0.3) is 0 Å². The van der Waals surface area contributed by atoms with Gasteiger partial charge in [0.15, 0.2) is 0 Å². The summed E-state index contributed by atoms with van der Waals surface area (Å²) in [6.45, 7) is 3.93. The lowest BCUT2D eigenvalue weighted by Gasteiger charge is -2.23. The van der Waals surface area contributed by atoms with Crippen molar-refractivity contribution in [2.75, 3.05) is 37.4 Å². The van der Waals surface area contributed by atoms with Crippen molar-refractivity contribution in [3.05, 3.63) is 23.8 Å². The molecule has 1 heterocycles. The average Bonchev–Trinajstić information content (AvgIpc) is 2.73. The lowest BCUT2D eigenvalue weighted by atomic mass is 10.1. The highest BCUT2D eigenvalue weighted by Gasteiger charge is 2.28. The van der Waals surface area contributed by atoms with Gasteiger partial charge in [-0.1, -0.05) is 13.3 Å². The molecule has 0 saturated carbocycles. The summed E-state index contributed by atoms with van der Waals surface area (Å²) in [5, 5.41) is 6.32. The van der Waals surface area contributed by atoms with Gasteiger partial charge in [-0.25, -0.2) is 0 Å². The third-order valence-corrected chi connectivity index (χ3v) is 3.81. The molecule has 1 aliphatic heterocycles. The first kappa shape index (κ1) is 13.9. The predicted molar refractivity (Wildman–Crippen MR) is 79.8 cm³/mol. The zero-order valence-corrected chi connectivity index (χ0v) is 12.0. The van der Waals surface area contributed by atoms with Gasteiger partial charge in [-0.15, -0.1) is 0 Å². The van der Waals surface area contributed by atoms with Crippen molar-refractivity contribution in [1.29, 1.82) is 0 Å². The lowest BCUT2D eigenvalue weighted by molar-refractivity contribution is -0.117. The average molecular weight is 261 g/mol. The van der Waals surface area contributed by atoms with E-state index in [-0.39, 0.29) is 5.91 Å². The topological polar surface area (TPSA) is 44.4 Å². The van der Waals surface area contributed by atoms with Crippen LogP contribution in [0.5, 0.6) is 0 Å². The first-order valence-electron chi connectivity index (χ1n) is 6.95. The monoisotopic (exact) mass is 261 g/mol. The molecule has 1 aromatic carbocycles. The van der Waals surface area contributed by atoms with Gasteiger partial charge in [0, 0.05) is 25.0 Å². The maximum Gasteiger partial charge on any atom is 0.231 e. The van der Waals surface area contributed by atoms with E-state index in [0.29, 0.717) is 12.3 Å². The summed E-state index contributed by atoms with van der Waals surface area (Å²) in [6, 6.07) is 6.16. The van der Waals surface area contributed by atoms with Crippen molar-refractivity contribution in [3.63, 3.8) is 0 Å². The van der Waals surface area contributed by atoms with Gasteiger partial charge in [-0.2, -0.15) is 0 Å². The summed E-state index contributed by atoms with van der Waals surface area (Å²) >= 11 is 0. The number of carbonyl (C=O) groups excluding carboxylic acids is 1. The van der Waals surface area contributed by atoms with Crippen LogP contribution >= 0.6 is 0 Å². The molecule has 1 atom stereocenters.